The number of piperazine rings is 1. The highest BCUT2D eigenvalue weighted by molar-refractivity contribution is 7.10. The standard InChI is InChI=1S/C24H29N5O2S/c1-17(2)22-26-21(27-31-22)18-7-8-20(25-16-18)28-11-13-29(14-12-28)23(30)24(9-3-4-10-24)19-6-5-15-32-19/h5-8,15-17H,3-4,9-14H2,1-2H3. The van der Waals surface area contributed by atoms with E-state index in [4.69, 9.17) is 4.52 Å². The number of carbonyl (C=O) groups excluding carboxylic acids is 1. The number of aromatic nitrogens is 3. The van der Waals surface area contributed by atoms with E-state index in [1.807, 2.05) is 26.0 Å². The lowest BCUT2D eigenvalue weighted by Crippen LogP contribution is -2.54. The molecule has 5 rings (SSSR count). The van der Waals surface area contributed by atoms with Gasteiger partial charge < -0.3 is 14.3 Å². The van der Waals surface area contributed by atoms with Crippen LogP contribution in [-0.2, 0) is 10.2 Å². The molecule has 0 bridgehead atoms. The highest BCUT2D eigenvalue weighted by atomic mass is 32.1. The van der Waals surface area contributed by atoms with Gasteiger partial charge in [-0.2, -0.15) is 4.98 Å². The van der Waals surface area contributed by atoms with E-state index in [0.29, 0.717) is 17.6 Å². The van der Waals surface area contributed by atoms with Crippen LogP contribution in [0.4, 0.5) is 5.82 Å². The second-order valence-corrected chi connectivity index (χ2v) is 10.0. The minimum absolute atomic E-state index is 0.200. The zero-order chi connectivity index (χ0) is 22.1. The molecule has 168 valence electrons. The highest BCUT2D eigenvalue weighted by Crippen LogP contribution is 2.44. The van der Waals surface area contributed by atoms with Crippen molar-refractivity contribution in [3.8, 4) is 11.4 Å². The van der Waals surface area contributed by atoms with Crippen LogP contribution in [0.2, 0.25) is 0 Å². The third-order valence-electron chi connectivity index (χ3n) is 6.69. The first-order valence-electron chi connectivity index (χ1n) is 11.5. The Hall–Kier alpha value is -2.74. The Balaban J connectivity index is 1.24. The summed E-state index contributed by atoms with van der Waals surface area (Å²) >= 11 is 1.73. The average molecular weight is 452 g/mol. The molecule has 0 N–H and O–H groups in total. The molecule has 1 aliphatic heterocycles. The summed E-state index contributed by atoms with van der Waals surface area (Å²) in [4.78, 5) is 28.2. The van der Waals surface area contributed by atoms with Gasteiger partial charge >= 0.3 is 0 Å². The van der Waals surface area contributed by atoms with Crippen molar-refractivity contribution in [2.75, 3.05) is 31.1 Å². The van der Waals surface area contributed by atoms with Gasteiger partial charge in [0.15, 0.2) is 0 Å². The SMILES string of the molecule is CC(C)c1nc(-c2ccc(N3CCN(C(=O)C4(c5cccs5)CCCC4)CC3)nc2)no1. The molecule has 3 aromatic heterocycles. The average Bonchev–Trinajstić information content (AvgIpc) is 3.60. The molecule has 1 saturated heterocycles. The zero-order valence-corrected chi connectivity index (χ0v) is 19.5. The van der Waals surface area contributed by atoms with Gasteiger partial charge in [0.2, 0.25) is 17.6 Å². The fourth-order valence-corrected chi connectivity index (χ4v) is 5.81. The van der Waals surface area contributed by atoms with Gasteiger partial charge in [0, 0.05) is 48.7 Å². The maximum Gasteiger partial charge on any atom is 0.234 e. The number of pyridine rings is 1. The first kappa shape index (κ1) is 21.1. The van der Waals surface area contributed by atoms with E-state index in [1.165, 1.54) is 4.88 Å². The molecule has 2 fully saturated rings. The number of thiophene rings is 1. The van der Waals surface area contributed by atoms with E-state index in [-0.39, 0.29) is 11.3 Å². The number of hydrogen-bond donors (Lipinski definition) is 0. The number of hydrogen-bond acceptors (Lipinski definition) is 7. The predicted octanol–water partition coefficient (Wildman–Crippen LogP) is 4.48. The summed E-state index contributed by atoms with van der Waals surface area (Å²) in [5.41, 5.74) is 0.549. The number of carbonyl (C=O) groups is 1. The molecule has 0 atom stereocenters. The van der Waals surface area contributed by atoms with E-state index < -0.39 is 0 Å². The number of amides is 1. The molecular weight excluding hydrogens is 422 g/mol. The Morgan fingerprint density at radius 3 is 2.50 bits per heavy atom. The molecule has 0 radical (unpaired) electrons. The van der Waals surface area contributed by atoms with E-state index in [0.717, 1.165) is 63.2 Å². The summed E-state index contributed by atoms with van der Waals surface area (Å²) in [6.45, 7) is 7.10. The largest absolute Gasteiger partial charge is 0.353 e. The summed E-state index contributed by atoms with van der Waals surface area (Å²) in [5, 5.41) is 6.15. The van der Waals surface area contributed by atoms with Gasteiger partial charge in [0.1, 0.15) is 5.82 Å². The van der Waals surface area contributed by atoms with E-state index in [9.17, 15) is 4.79 Å². The zero-order valence-electron chi connectivity index (χ0n) is 18.7. The van der Waals surface area contributed by atoms with Crippen LogP contribution in [0, 0.1) is 0 Å². The Morgan fingerprint density at radius 1 is 1.12 bits per heavy atom. The second-order valence-electron chi connectivity index (χ2n) is 9.06. The van der Waals surface area contributed by atoms with Gasteiger partial charge in [-0.3, -0.25) is 4.79 Å². The number of anilines is 1. The van der Waals surface area contributed by atoms with E-state index in [1.54, 1.807) is 17.5 Å². The lowest BCUT2D eigenvalue weighted by atomic mass is 9.82. The molecule has 1 saturated carbocycles. The van der Waals surface area contributed by atoms with Crippen LogP contribution in [-0.4, -0.2) is 52.1 Å². The summed E-state index contributed by atoms with van der Waals surface area (Å²) < 4.78 is 5.30. The smallest absolute Gasteiger partial charge is 0.234 e. The van der Waals surface area contributed by atoms with Gasteiger partial charge in [-0.05, 0) is 36.4 Å². The van der Waals surface area contributed by atoms with Crippen LogP contribution < -0.4 is 4.90 Å². The van der Waals surface area contributed by atoms with Crippen molar-refractivity contribution in [3.63, 3.8) is 0 Å². The maximum atomic E-state index is 13.6. The van der Waals surface area contributed by atoms with Crippen molar-refractivity contribution in [2.24, 2.45) is 0 Å². The highest BCUT2D eigenvalue weighted by Gasteiger charge is 2.46. The minimum Gasteiger partial charge on any atom is -0.353 e. The van der Waals surface area contributed by atoms with Crippen LogP contribution in [0.5, 0.6) is 0 Å². The van der Waals surface area contributed by atoms with Crippen molar-refractivity contribution < 1.29 is 9.32 Å². The quantitative estimate of drug-likeness (QED) is 0.569. The van der Waals surface area contributed by atoms with E-state index >= 15 is 0 Å². The molecule has 2 aliphatic rings. The molecule has 0 aromatic carbocycles. The Kier molecular flexibility index (Phi) is 5.71. The van der Waals surface area contributed by atoms with E-state index in [2.05, 4.69) is 42.4 Å². The van der Waals surface area contributed by atoms with Crippen LogP contribution >= 0.6 is 11.3 Å². The summed E-state index contributed by atoms with van der Waals surface area (Å²) in [6, 6.07) is 8.20. The van der Waals surface area contributed by atoms with Gasteiger partial charge in [-0.1, -0.05) is 37.9 Å². The van der Waals surface area contributed by atoms with Crippen molar-refractivity contribution in [3.05, 3.63) is 46.6 Å². The molecule has 8 heteroatoms. The fraction of sp³-hybridized carbons (Fsp3) is 0.500. The molecule has 3 aromatic rings. The lowest BCUT2D eigenvalue weighted by Gasteiger charge is -2.40. The second kappa shape index (κ2) is 8.65. The van der Waals surface area contributed by atoms with Crippen molar-refractivity contribution >= 4 is 23.1 Å². The lowest BCUT2D eigenvalue weighted by molar-refractivity contribution is -0.137. The summed E-state index contributed by atoms with van der Waals surface area (Å²) in [6.07, 6.45) is 6.03. The Morgan fingerprint density at radius 2 is 1.91 bits per heavy atom. The van der Waals surface area contributed by atoms with Crippen molar-refractivity contribution in [1.82, 2.24) is 20.0 Å². The van der Waals surface area contributed by atoms with Gasteiger partial charge in [0.05, 0.1) is 5.41 Å². The molecule has 4 heterocycles. The monoisotopic (exact) mass is 451 g/mol. The topological polar surface area (TPSA) is 75.4 Å². The maximum absolute atomic E-state index is 13.6. The number of rotatable bonds is 5. The minimum atomic E-state index is -0.296. The van der Waals surface area contributed by atoms with Gasteiger partial charge in [-0.15, -0.1) is 11.3 Å². The summed E-state index contributed by atoms with van der Waals surface area (Å²) in [5.74, 6) is 2.64. The van der Waals surface area contributed by atoms with Gasteiger partial charge in [-0.25, -0.2) is 4.98 Å². The van der Waals surface area contributed by atoms with Crippen LogP contribution in [0.15, 0.2) is 40.4 Å². The first-order chi connectivity index (χ1) is 15.6. The van der Waals surface area contributed by atoms with Crippen LogP contribution in [0.3, 0.4) is 0 Å². The Labute approximate surface area is 192 Å². The fourth-order valence-electron chi connectivity index (χ4n) is 4.83. The van der Waals surface area contributed by atoms with Gasteiger partial charge in [0.25, 0.3) is 0 Å². The molecule has 7 nitrogen and oxygen atoms in total. The molecule has 0 unspecified atom stereocenters. The van der Waals surface area contributed by atoms with Crippen LogP contribution in [0.1, 0.15) is 56.2 Å². The molecule has 1 amide bonds. The number of nitrogens with zero attached hydrogens (tertiary/aromatic N) is 5. The third-order valence-corrected chi connectivity index (χ3v) is 7.77. The van der Waals surface area contributed by atoms with Crippen molar-refractivity contribution in [1.29, 1.82) is 0 Å². The van der Waals surface area contributed by atoms with Crippen molar-refractivity contribution in [2.45, 2.75) is 50.9 Å². The molecule has 1 aliphatic carbocycles. The Bertz CT molecular complexity index is 1050. The van der Waals surface area contributed by atoms with Crippen LogP contribution in [0.25, 0.3) is 11.4 Å². The first-order valence-corrected chi connectivity index (χ1v) is 12.3. The summed E-state index contributed by atoms with van der Waals surface area (Å²) in [7, 11) is 0. The molecule has 32 heavy (non-hydrogen) atoms. The molecule has 0 spiro atoms. The normalized spacial score (nSPS) is 18.5. The molecular formula is C24H29N5O2S. The third kappa shape index (κ3) is 3.81. The predicted molar refractivity (Wildman–Crippen MR) is 125 cm³/mol.